The maximum Gasteiger partial charge on any atom is 0.238 e. The lowest BCUT2D eigenvalue weighted by Gasteiger charge is -2.25. The number of aliphatic hydroxyl groups excluding tert-OH is 1. The lowest BCUT2D eigenvalue weighted by molar-refractivity contribution is -0.120. The summed E-state index contributed by atoms with van der Waals surface area (Å²) in [5.41, 5.74) is -0.143. The van der Waals surface area contributed by atoms with Crippen LogP contribution in [0.4, 0.5) is 0 Å². The van der Waals surface area contributed by atoms with Gasteiger partial charge in [0, 0.05) is 19.4 Å². The van der Waals surface area contributed by atoms with Crippen LogP contribution in [0, 0.1) is 5.41 Å². The third-order valence-electron chi connectivity index (χ3n) is 2.76. The maximum absolute atomic E-state index is 11.6. The van der Waals surface area contributed by atoms with E-state index in [1.54, 1.807) is 0 Å². The molecule has 2 N–H and O–H groups in total. The molecule has 0 bridgehead atoms. The first-order valence-electron chi connectivity index (χ1n) is 5.67. The standard InChI is InChI=1S/C11H23NO4S/c1-9(17(4,15)16)10(14)12-8-11(2,3)6-5-7-13/h9,13H,5-8H2,1-4H3,(H,12,14). The van der Waals surface area contributed by atoms with Crippen molar-refractivity contribution >= 4 is 15.7 Å². The average molecular weight is 265 g/mol. The molecule has 0 radical (unpaired) electrons. The second kappa shape index (κ2) is 6.35. The molecule has 0 aliphatic carbocycles. The van der Waals surface area contributed by atoms with Crippen molar-refractivity contribution in [1.82, 2.24) is 5.32 Å². The summed E-state index contributed by atoms with van der Waals surface area (Å²) in [6, 6.07) is 0. The second-order valence-electron chi connectivity index (χ2n) is 5.18. The summed E-state index contributed by atoms with van der Waals surface area (Å²) < 4.78 is 22.4. The van der Waals surface area contributed by atoms with E-state index in [0.717, 1.165) is 12.7 Å². The summed E-state index contributed by atoms with van der Waals surface area (Å²) in [4.78, 5) is 11.6. The first kappa shape index (κ1) is 16.4. The topological polar surface area (TPSA) is 83.5 Å². The van der Waals surface area contributed by atoms with Gasteiger partial charge in [0.2, 0.25) is 5.91 Å². The van der Waals surface area contributed by atoms with Gasteiger partial charge in [-0.05, 0) is 25.2 Å². The van der Waals surface area contributed by atoms with E-state index >= 15 is 0 Å². The van der Waals surface area contributed by atoms with Crippen molar-refractivity contribution in [2.75, 3.05) is 19.4 Å². The number of nitrogens with one attached hydrogen (secondary N) is 1. The number of sulfone groups is 1. The minimum absolute atomic E-state index is 0.122. The fourth-order valence-electron chi connectivity index (χ4n) is 1.31. The van der Waals surface area contributed by atoms with Gasteiger partial charge in [-0.2, -0.15) is 0 Å². The van der Waals surface area contributed by atoms with Crippen LogP contribution in [0.3, 0.4) is 0 Å². The molecular weight excluding hydrogens is 242 g/mol. The quantitative estimate of drug-likeness (QED) is 0.695. The summed E-state index contributed by atoms with van der Waals surface area (Å²) in [5, 5.41) is 10.4. The van der Waals surface area contributed by atoms with E-state index in [4.69, 9.17) is 5.11 Å². The highest BCUT2D eigenvalue weighted by Gasteiger charge is 2.25. The molecule has 0 rings (SSSR count). The smallest absolute Gasteiger partial charge is 0.238 e. The number of aliphatic hydroxyl groups is 1. The average Bonchev–Trinajstić information content (AvgIpc) is 2.21. The van der Waals surface area contributed by atoms with E-state index in [1.165, 1.54) is 6.92 Å². The van der Waals surface area contributed by atoms with Gasteiger partial charge in [0.15, 0.2) is 9.84 Å². The molecule has 0 heterocycles. The van der Waals surface area contributed by atoms with Crippen LogP contribution in [0.5, 0.6) is 0 Å². The van der Waals surface area contributed by atoms with E-state index in [9.17, 15) is 13.2 Å². The van der Waals surface area contributed by atoms with Crippen molar-refractivity contribution in [1.29, 1.82) is 0 Å². The van der Waals surface area contributed by atoms with Crippen LogP contribution in [-0.2, 0) is 14.6 Å². The first-order valence-corrected chi connectivity index (χ1v) is 7.63. The van der Waals surface area contributed by atoms with Gasteiger partial charge in [0.05, 0.1) is 0 Å². The molecule has 0 aromatic carbocycles. The Morgan fingerprint density at radius 3 is 2.35 bits per heavy atom. The van der Waals surface area contributed by atoms with Crippen LogP contribution in [0.15, 0.2) is 0 Å². The molecular formula is C11H23NO4S. The molecule has 0 saturated carbocycles. The predicted octanol–water partition coefficient (Wildman–Crippen LogP) is 0.334. The molecule has 1 atom stereocenters. The Hall–Kier alpha value is -0.620. The molecule has 6 heteroatoms. The molecule has 0 aromatic heterocycles. The largest absolute Gasteiger partial charge is 0.396 e. The lowest BCUT2D eigenvalue weighted by Crippen LogP contribution is -2.41. The summed E-state index contributed by atoms with van der Waals surface area (Å²) >= 11 is 0. The van der Waals surface area contributed by atoms with Crippen LogP contribution < -0.4 is 5.32 Å². The van der Waals surface area contributed by atoms with Crippen molar-refractivity contribution < 1.29 is 18.3 Å². The van der Waals surface area contributed by atoms with Crippen molar-refractivity contribution in [2.45, 2.75) is 38.9 Å². The van der Waals surface area contributed by atoms with Gasteiger partial charge in [-0.25, -0.2) is 8.42 Å². The highest BCUT2D eigenvalue weighted by atomic mass is 32.2. The Labute approximate surface area is 104 Å². The van der Waals surface area contributed by atoms with E-state index in [-0.39, 0.29) is 12.0 Å². The number of hydrogen-bond acceptors (Lipinski definition) is 4. The molecule has 0 aliphatic rings. The van der Waals surface area contributed by atoms with Crippen LogP contribution in [-0.4, -0.2) is 44.1 Å². The van der Waals surface area contributed by atoms with Gasteiger partial charge in [-0.15, -0.1) is 0 Å². The van der Waals surface area contributed by atoms with Crippen molar-refractivity contribution in [3.63, 3.8) is 0 Å². The zero-order valence-electron chi connectivity index (χ0n) is 11.0. The Balaban J connectivity index is 4.25. The summed E-state index contributed by atoms with van der Waals surface area (Å²) in [7, 11) is -3.34. The molecule has 102 valence electrons. The molecule has 1 unspecified atom stereocenters. The van der Waals surface area contributed by atoms with Gasteiger partial charge >= 0.3 is 0 Å². The highest BCUT2D eigenvalue weighted by molar-refractivity contribution is 7.92. The third-order valence-corrected chi connectivity index (χ3v) is 4.26. The van der Waals surface area contributed by atoms with Gasteiger partial charge < -0.3 is 10.4 Å². The lowest BCUT2D eigenvalue weighted by atomic mass is 9.88. The SMILES string of the molecule is CC(C(=O)NCC(C)(C)CCCO)S(C)(=O)=O. The minimum Gasteiger partial charge on any atom is -0.396 e. The third kappa shape index (κ3) is 6.63. The second-order valence-corrected chi connectivity index (χ2v) is 7.55. The number of carbonyl (C=O) groups is 1. The molecule has 5 nitrogen and oxygen atoms in total. The van der Waals surface area contributed by atoms with Gasteiger partial charge in [0.1, 0.15) is 5.25 Å². The minimum atomic E-state index is -3.34. The molecule has 17 heavy (non-hydrogen) atoms. The number of carbonyl (C=O) groups excluding carboxylic acids is 1. The Bertz CT molecular complexity index is 348. The number of hydrogen-bond donors (Lipinski definition) is 2. The van der Waals surface area contributed by atoms with Crippen molar-refractivity contribution in [2.24, 2.45) is 5.41 Å². The van der Waals surface area contributed by atoms with Gasteiger partial charge in [-0.3, -0.25) is 4.79 Å². The fraction of sp³-hybridized carbons (Fsp3) is 0.909. The molecule has 1 amide bonds. The fourth-order valence-corrected chi connectivity index (χ4v) is 1.78. The summed E-state index contributed by atoms with van der Waals surface area (Å²) in [6.07, 6.45) is 2.50. The maximum atomic E-state index is 11.6. The summed E-state index contributed by atoms with van der Waals surface area (Å²) in [5.74, 6) is -0.468. The molecule has 0 fully saturated rings. The highest BCUT2D eigenvalue weighted by Crippen LogP contribution is 2.20. The monoisotopic (exact) mass is 265 g/mol. The van der Waals surface area contributed by atoms with E-state index in [0.29, 0.717) is 13.0 Å². The zero-order valence-corrected chi connectivity index (χ0v) is 11.8. The van der Waals surface area contributed by atoms with Gasteiger partial charge in [0.25, 0.3) is 0 Å². The van der Waals surface area contributed by atoms with Crippen LogP contribution in [0.2, 0.25) is 0 Å². The van der Waals surface area contributed by atoms with Gasteiger partial charge in [-0.1, -0.05) is 13.8 Å². The van der Waals surface area contributed by atoms with Crippen LogP contribution in [0.1, 0.15) is 33.6 Å². The molecule has 0 aromatic rings. The number of amides is 1. The molecule has 0 aliphatic heterocycles. The summed E-state index contributed by atoms with van der Waals surface area (Å²) in [6.45, 7) is 5.84. The molecule has 0 saturated heterocycles. The molecule has 0 spiro atoms. The zero-order chi connectivity index (χ0) is 13.7. The Morgan fingerprint density at radius 1 is 1.41 bits per heavy atom. The van der Waals surface area contributed by atoms with Crippen LogP contribution in [0.25, 0.3) is 0 Å². The van der Waals surface area contributed by atoms with Crippen LogP contribution >= 0.6 is 0 Å². The van der Waals surface area contributed by atoms with E-state index in [1.807, 2.05) is 13.8 Å². The first-order chi connectivity index (χ1) is 7.60. The normalized spacial score (nSPS) is 14.4. The van der Waals surface area contributed by atoms with E-state index in [2.05, 4.69) is 5.32 Å². The Kier molecular flexibility index (Phi) is 6.12. The van der Waals surface area contributed by atoms with Crippen molar-refractivity contribution in [3.05, 3.63) is 0 Å². The van der Waals surface area contributed by atoms with E-state index < -0.39 is 21.0 Å². The Morgan fingerprint density at radius 2 is 1.94 bits per heavy atom. The predicted molar refractivity (Wildman–Crippen MR) is 67.4 cm³/mol. The number of rotatable bonds is 7. The van der Waals surface area contributed by atoms with Crippen molar-refractivity contribution in [3.8, 4) is 0 Å².